The number of aliphatic imine (C=N–C) groups is 1. The van der Waals surface area contributed by atoms with Gasteiger partial charge in [-0.2, -0.15) is 0 Å². The zero-order valence-corrected chi connectivity index (χ0v) is 15.2. The fraction of sp³-hybridized carbons (Fsp3) is 0.450. The van der Waals surface area contributed by atoms with Gasteiger partial charge in [-0.05, 0) is 37.0 Å². The summed E-state index contributed by atoms with van der Waals surface area (Å²) in [4.78, 5) is 4.24. The molecular weight excluding hydrogens is 312 g/mol. The number of hydrogen-bond acceptors (Lipinski definition) is 2. The number of nitrogens with zero attached hydrogens (tertiary/aromatic N) is 2. The zero-order chi connectivity index (χ0) is 17.6. The van der Waals surface area contributed by atoms with Crippen LogP contribution in [0.2, 0.25) is 0 Å². The van der Waals surface area contributed by atoms with Gasteiger partial charge in [-0.15, -0.1) is 0 Å². The third-order valence-electron chi connectivity index (χ3n) is 3.94. The molecule has 0 unspecified atom stereocenters. The number of hydrogen-bond donors (Lipinski definition) is 2. The van der Waals surface area contributed by atoms with Crippen molar-refractivity contribution in [3.05, 3.63) is 60.4 Å². The normalized spacial score (nSPS) is 11.5. The molecule has 1 aromatic heterocycles. The number of ether oxygens (including phenoxy) is 1. The Morgan fingerprint density at radius 3 is 2.48 bits per heavy atom. The van der Waals surface area contributed by atoms with E-state index >= 15 is 0 Å². The summed E-state index contributed by atoms with van der Waals surface area (Å²) in [6.45, 7) is 4.30. The molecule has 2 aromatic rings. The molecule has 0 aliphatic rings. The van der Waals surface area contributed by atoms with E-state index in [1.54, 1.807) is 7.05 Å². The van der Waals surface area contributed by atoms with Crippen molar-refractivity contribution >= 4 is 5.96 Å². The van der Waals surface area contributed by atoms with E-state index in [2.05, 4.69) is 56.9 Å². The Hall–Kier alpha value is -2.27. The smallest absolute Gasteiger partial charge is 0.191 e. The Labute approximate surface area is 151 Å². The molecule has 25 heavy (non-hydrogen) atoms. The van der Waals surface area contributed by atoms with Gasteiger partial charge in [-0.1, -0.05) is 30.3 Å². The molecular formula is C20H30N4O. The van der Waals surface area contributed by atoms with Crippen molar-refractivity contribution < 1.29 is 4.74 Å². The summed E-state index contributed by atoms with van der Waals surface area (Å²) in [5.41, 5.74) is 1.33. The molecule has 136 valence electrons. The molecule has 5 heteroatoms. The second-order valence-electron chi connectivity index (χ2n) is 5.90. The van der Waals surface area contributed by atoms with Crippen LogP contribution in [0.15, 0.2) is 59.9 Å². The van der Waals surface area contributed by atoms with Crippen LogP contribution in [-0.4, -0.2) is 43.9 Å². The van der Waals surface area contributed by atoms with E-state index in [1.807, 2.05) is 18.2 Å². The van der Waals surface area contributed by atoms with E-state index < -0.39 is 0 Å². The fourth-order valence-corrected chi connectivity index (χ4v) is 2.52. The summed E-state index contributed by atoms with van der Waals surface area (Å²) in [5, 5.41) is 6.66. The first kappa shape index (κ1) is 19.1. The van der Waals surface area contributed by atoms with Crippen LogP contribution in [-0.2, 0) is 17.7 Å². The van der Waals surface area contributed by atoms with E-state index in [-0.39, 0.29) is 0 Å². The number of rotatable bonds is 11. The van der Waals surface area contributed by atoms with Crippen LogP contribution in [0.4, 0.5) is 0 Å². The first-order valence-electron chi connectivity index (χ1n) is 9.05. The highest BCUT2D eigenvalue weighted by Gasteiger charge is 1.97. The third-order valence-corrected chi connectivity index (χ3v) is 3.94. The lowest BCUT2D eigenvalue weighted by Crippen LogP contribution is -2.39. The van der Waals surface area contributed by atoms with Gasteiger partial charge in [-0.3, -0.25) is 4.99 Å². The van der Waals surface area contributed by atoms with Gasteiger partial charge in [0.15, 0.2) is 5.96 Å². The molecule has 0 aliphatic heterocycles. The molecule has 0 saturated carbocycles. The standard InChI is InChI=1S/C20H30N4O/c1-21-20(23-13-16-24-14-6-7-15-24)22-12-5-8-17-25-18-11-19-9-3-2-4-10-19/h2-4,6-7,9-10,14-15H,5,8,11-13,16-18H2,1H3,(H2,21,22,23). The maximum atomic E-state index is 5.70. The largest absolute Gasteiger partial charge is 0.381 e. The van der Waals surface area contributed by atoms with E-state index in [9.17, 15) is 0 Å². The van der Waals surface area contributed by atoms with Gasteiger partial charge in [-0.25, -0.2) is 0 Å². The summed E-state index contributed by atoms with van der Waals surface area (Å²) >= 11 is 0. The molecule has 0 atom stereocenters. The van der Waals surface area contributed by atoms with Gasteiger partial charge in [0.1, 0.15) is 0 Å². The van der Waals surface area contributed by atoms with Crippen molar-refractivity contribution in [3.63, 3.8) is 0 Å². The minimum Gasteiger partial charge on any atom is -0.381 e. The highest BCUT2D eigenvalue weighted by Crippen LogP contribution is 2.00. The van der Waals surface area contributed by atoms with Crippen LogP contribution in [0.5, 0.6) is 0 Å². The van der Waals surface area contributed by atoms with Crippen molar-refractivity contribution in [1.29, 1.82) is 0 Å². The number of guanidine groups is 1. The molecule has 2 rings (SSSR count). The van der Waals surface area contributed by atoms with Crippen molar-refractivity contribution in [2.24, 2.45) is 4.99 Å². The summed E-state index contributed by atoms with van der Waals surface area (Å²) in [6.07, 6.45) is 7.24. The lowest BCUT2D eigenvalue weighted by Gasteiger charge is -2.12. The Kier molecular flexibility index (Phi) is 9.26. The minimum absolute atomic E-state index is 0.792. The van der Waals surface area contributed by atoms with Crippen LogP contribution >= 0.6 is 0 Å². The highest BCUT2D eigenvalue weighted by atomic mass is 16.5. The lowest BCUT2D eigenvalue weighted by atomic mass is 10.2. The van der Waals surface area contributed by atoms with Crippen molar-refractivity contribution in [1.82, 2.24) is 15.2 Å². The van der Waals surface area contributed by atoms with Gasteiger partial charge in [0.25, 0.3) is 0 Å². The molecule has 0 radical (unpaired) electrons. The predicted molar refractivity (Wildman–Crippen MR) is 104 cm³/mol. The van der Waals surface area contributed by atoms with Crippen LogP contribution in [0.25, 0.3) is 0 Å². The maximum Gasteiger partial charge on any atom is 0.191 e. The number of unbranched alkanes of at least 4 members (excludes halogenated alkanes) is 1. The summed E-state index contributed by atoms with van der Waals surface area (Å²) in [5.74, 6) is 0.858. The molecule has 0 fully saturated rings. The second kappa shape index (κ2) is 12.1. The van der Waals surface area contributed by atoms with Crippen molar-refractivity contribution in [2.45, 2.75) is 25.8 Å². The topological polar surface area (TPSA) is 50.6 Å². The first-order chi connectivity index (χ1) is 12.4. The number of benzene rings is 1. The zero-order valence-electron chi connectivity index (χ0n) is 15.2. The fourth-order valence-electron chi connectivity index (χ4n) is 2.52. The average molecular weight is 342 g/mol. The molecule has 5 nitrogen and oxygen atoms in total. The highest BCUT2D eigenvalue weighted by molar-refractivity contribution is 5.79. The Morgan fingerprint density at radius 2 is 1.72 bits per heavy atom. The van der Waals surface area contributed by atoms with E-state index in [0.717, 1.165) is 58.1 Å². The lowest BCUT2D eigenvalue weighted by molar-refractivity contribution is 0.133. The third kappa shape index (κ3) is 8.40. The van der Waals surface area contributed by atoms with Crippen molar-refractivity contribution in [3.8, 4) is 0 Å². The molecule has 1 aromatic carbocycles. The van der Waals surface area contributed by atoms with Gasteiger partial charge < -0.3 is 19.9 Å². The Bertz CT molecular complexity index is 581. The Morgan fingerprint density at radius 1 is 0.960 bits per heavy atom. The first-order valence-corrected chi connectivity index (χ1v) is 9.05. The number of aromatic nitrogens is 1. The summed E-state index contributed by atoms with van der Waals surface area (Å²) in [6, 6.07) is 14.5. The molecule has 0 spiro atoms. The predicted octanol–water partition coefficient (Wildman–Crippen LogP) is 2.69. The van der Waals surface area contributed by atoms with Crippen molar-refractivity contribution in [2.75, 3.05) is 33.4 Å². The SMILES string of the molecule is CN=C(NCCCCOCCc1ccccc1)NCCn1cccc1. The second-order valence-corrected chi connectivity index (χ2v) is 5.90. The van der Waals surface area contributed by atoms with Crippen LogP contribution in [0.1, 0.15) is 18.4 Å². The molecule has 0 bridgehead atoms. The van der Waals surface area contributed by atoms with Crippen LogP contribution in [0.3, 0.4) is 0 Å². The monoisotopic (exact) mass is 342 g/mol. The van der Waals surface area contributed by atoms with E-state index in [1.165, 1.54) is 5.56 Å². The Balaban J connectivity index is 1.43. The van der Waals surface area contributed by atoms with E-state index in [4.69, 9.17) is 4.74 Å². The molecule has 0 amide bonds. The average Bonchev–Trinajstić information content (AvgIpc) is 3.16. The van der Waals surface area contributed by atoms with Gasteiger partial charge in [0.05, 0.1) is 6.61 Å². The molecule has 2 N–H and O–H groups in total. The number of nitrogens with one attached hydrogen (secondary N) is 2. The van der Waals surface area contributed by atoms with Gasteiger partial charge in [0, 0.05) is 45.7 Å². The van der Waals surface area contributed by atoms with Crippen LogP contribution < -0.4 is 10.6 Å². The summed E-state index contributed by atoms with van der Waals surface area (Å²) in [7, 11) is 1.80. The van der Waals surface area contributed by atoms with Crippen LogP contribution in [0, 0.1) is 0 Å². The van der Waals surface area contributed by atoms with Gasteiger partial charge in [0.2, 0.25) is 0 Å². The minimum atomic E-state index is 0.792. The maximum absolute atomic E-state index is 5.70. The van der Waals surface area contributed by atoms with E-state index in [0.29, 0.717) is 0 Å². The van der Waals surface area contributed by atoms with Gasteiger partial charge >= 0.3 is 0 Å². The molecule has 1 heterocycles. The molecule has 0 aliphatic carbocycles. The molecule has 0 saturated heterocycles. The summed E-state index contributed by atoms with van der Waals surface area (Å²) < 4.78 is 7.85. The quantitative estimate of drug-likeness (QED) is 0.375.